The van der Waals surface area contributed by atoms with Crippen molar-refractivity contribution in [1.29, 1.82) is 0 Å². The first-order valence-electron chi connectivity index (χ1n) is 4.13. The zero-order valence-electron chi connectivity index (χ0n) is 7.95. The van der Waals surface area contributed by atoms with Gasteiger partial charge in [0.2, 0.25) is 0 Å². The van der Waals surface area contributed by atoms with Crippen molar-refractivity contribution in [2.45, 2.75) is 20.8 Å². The van der Waals surface area contributed by atoms with Gasteiger partial charge in [-0.2, -0.15) is 0 Å². The van der Waals surface area contributed by atoms with Gasteiger partial charge in [-0.15, -0.1) is 0 Å². The van der Waals surface area contributed by atoms with Crippen LogP contribution in [0.2, 0.25) is 0 Å². The second-order valence-corrected chi connectivity index (χ2v) is 3.36. The SMILES string of the molecule is CC(C)COCC(C)/C(N)=N/O. The first kappa shape index (κ1) is 11.2. The van der Waals surface area contributed by atoms with Gasteiger partial charge >= 0.3 is 0 Å². The maximum atomic E-state index is 8.32. The summed E-state index contributed by atoms with van der Waals surface area (Å²) in [6.07, 6.45) is 0. The van der Waals surface area contributed by atoms with Crippen LogP contribution in [-0.2, 0) is 4.74 Å². The first-order valence-corrected chi connectivity index (χ1v) is 4.13. The van der Waals surface area contributed by atoms with Crippen molar-refractivity contribution in [2.75, 3.05) is 13.2 Å². The average molecular weight is 174 g/mol. The second kappa shape index (κ2) is 5.83. The number of oxime groups is 1. The van der Waals surface area contributed by atoms with Crippen LogP contribution in [0.4, 0.5) is 0 Å². The molecule has 0 aromatic rings. The molecular formula is C8H18N2O2. The van der Waals surface area contributed by atoms with Gasteiger partial charge in [-0.05, 0) is 5.92 Å². The molecule has 4 heteroatoms. The number of hydrogen-bond donors (Lipinski definition) is 2. The van der Waals surface area contributed by atoms with Crippen LogP contribution in [0.3, 0.4) is 0 Å². The molecule has 4 nitrogen and oxygen atoms in total. The van der Waals surface area contributed by atoms with E-state index in [-0.39, 0.29) is 11.8 Å². The molecule has 0 aromatic carbocycles. The molecule has 0 aliphatic rings. The molecule has 0 aromatic heterocycles. The van der Waals surface area contributed by atoms with Crippen LogP contribution in [0.15, 0.2) is 5.16 Å². The minimum absolute atomic E-state index is 0.0197. The lowest BCUT2D eigenvalue weighted by molar-refractivity contribution is 0.0973. The minimum atomic E-state index is -0.0197. The van der Waals surface area contributed by atoms with E-state index in [1.54, 1.807) is 0 Å². The van der Waals surface area contributed by atoms with E-state index in [1.165, 1.54) is 0 Å². The van der Waals surface area contributed by atoms with E-state index in [0.717, 1.165) is 0 Å². The van der Waals surface area contributed by atoms with Crippen molar-refractivity contribution in [1.82, 2.24) is 0 Å². The molecule has 0 spiro atoms. The first-order chi connectivity index (χ1) is 5.57. The molecular weight excluding hydrogens is 156 g/mol. The van der Waals surface area contributed by atoms with Gasteiger partial charge in [-0.1, -0.05) is 25.9 Å². The number of ether oxygens (including phenoxy) is 1. The van der Waals surface area contributed by atoms with Crippen molar-refractivity contribution in [2.24, 2.45) is 22.7 Å². The highest BCUT2D eigenvalue weighted by atomic mass is 16.5. The summed E-state index contributed by atoms with van der Waals surface area (Å²) in [7, 11) is 0. The smallest absolute Gasteiger partial charge is 0.144 e. The summed E-state index contributed by atoms with van der Waals surface area (Å²) in [5.41, 5.74) is 5.35. The molecule has 0 amide bonds. The molecule has 0 rings (SSSR count). The molecule has 1 unspecified atom stereocenters. The van der Waals surface area contributed by atoms with E-state index in [2.05, 4.69) is 19.0 Å². The lowest BCUT2D eigenvalue weighted by atomic mass is 10.2. The summed E-state index contributed by atoms with van der Waals surface area (Å²) < 4.78 is 5.31. The Morgan fingerprint density at radius 2 is 2.00 bits per heavy atom. The van der Waals surface area contributed by atoms with Crippen LogP contribution < -0.4 is 5.73 Å². The number of nitrogens with zero attached hydrogens (tertiary/aromatic N) is 1. The van der Waals surface area contributed by atoms with Gasteiger partial charge in [-0.3, -0.25) is 0 Å². The zero-order valence-corrected chi connectivity index (χ0v) is 7.95. The Morgan fingerprint density at radius 3 is 2.42 bits per heavy atom. The van der Waals surface area contributed by atoms with Crippen molar-refractivity contribution >= 4 is 5.84 Å². The number of hydrogen-bond acceptors (Lipinski definition) is 3. The lowest BCUT2D eigenvalue weighted by Gasteiger charge is -2.11. The maximum absolute atomic E-state index is 8.32. The predicted molar refractivity (Wildman–Crippen MR) is 48.2 cm³/mol. The summed E-state index contributed by atoms with van der Waals surface area (Å²) >= 11 is 0. The highest BCUT2D eigenvalue weighted by Gasteiger charge is 2.07. The van der Waals surface area contributed by atoms with Gasteiger partial charge in [0.1, 0.15) is 5.84 Å². The molecule has 3 N–H and O–H groups in total. The van der Waals surface area contributed by atoms with Gasteiger partial charge < -0.3 is 15.7 Å². The molecule has 0 aliphatic carbocycles. The Bertz CT molecular complexity index is 146. The van der Waals surface area contributed by atoms with E-state index < -0.39 is 0 Å². The summed E-state index contributed by atoms with van der Waals surface area (Å²) in [6.45, 7) is 7.23. The third-order valence-corrected chi connectivity index (χ3v) is 1.44. The van der Waals surface area contributed by atoms with Gasteiger partial charge in [0.05, 0.1) is 6.61 Å². The van der Waals surface area contributed by atoms with E-state index in [9.17, 15) is 0 Å². The number of amidine groups is 1. The Kier molecular flexibility index (Phi) is 5.45. The van der Waals surface area contributed by atoms with Gasteiger partial charge in [-0.25, -0.2) is 0 Å². The van der Waals surface area contributed by atoms with Gasteiger partial charge in [0, 0.05) is 12.5 Å². The monoisotopic (exact) mass is 174 g/mol. The zero-order chi connectivity index (χ0) is 9.56. The quantitative estimate of drug-likeness (QED) is 0.283. The van der Waals surface area contributed by atoms with Crippen molar-refractivity contribution in [3.63, 3.8) is 0 Å². The summed E-state index contributed by atoms with van der Waals surface area (Å²) in [5.74, 6) is 0.719. The molecule has 0 aliphatic heterocycles. The Labute approximate surface area is 73.4 Å². The minimum Gasteiger partial charge on any atom is -0.409 e. The second-order valence-electron chi connectivity index (χ2n) is 3.36. The molecule has 0 heterocycles. The highest BCUT2D eigenvalue weighted by molar-refractivity contribution is 5.81. The van der Waals surface area contributed by atoms with Crippen LogP contribution >= 0.6 is 0 Å². The van der Waals surface area contributed by atoms with Crippen LogP contribution in [0.1, 0.15) is 20.8 Å². The number of rotatable bonds is 5. The number of nitrogens with two attached hydrogens (primary N) is 1. The Hall–Kier alpha value is -0.770. The van der Waals surface area contributed by atoms with Crippen LogP contribution in [0.25, 0.3) is 0 Å². The summed E-state index contributed by atoms with van der Waals surface area (Å²) in [5, 5.41) is 11.2. The fraction of sp³-hybridized carbons (Fsp3) is 0.875. The van der Waals surface area contributed by atoms with Gasteiger partial charge in [0.15, 0.2) is 0 Å². The normalized spacial score (nSPS) is 15.2. The largest absolute Gasteiger partial charge is 0.409 e. The third-order valence-electron chi connectivity index (χ3n) is 1.44. The van der Waals surface area contributed by atoms with E-state index >= 15 is 0 Å². The summed E-state index contributed by atoms with van der Waals surface area (Å²) in [6, 6.07) is 0. The maximum Gasteiger partial charge on any atom is 0.144 e. The topological polar surface area (TPSA) is 67.8 Å². The fourth-order valence-corrected chi connectivity index (χ4v) is 0.664. The molecule has 0 saturated carbocycles. The molecule has 0 saturated heterocycles. The van der Waals surface area contributed by atoms with Crippen molar-refractivity contribution in [3.8, 4) is 0 Å². The van der Waals surface area contributed by atoms with Gasteiger partial charge in [0.25, 0.3) is 0 Å². The third kappa shape index (κ3) is 4.96. The molecule has 0 bridgehead atoms. The Balaban J connectivity index is 3.51. The standard InChI is InChI=1S/C8H18N2O2/c1-6(2)4-12-5-7(3)8(9)10-11/h6-7,11H,4-5H2,1-3H3,(H2,9,10). The molecule has 72 valence electrons. The van der Waals surface area contributed by atoms with Crippen molar-refractivity contribution < 1.29 is 9.94 Å². The molecule has 1 atom stereocenters. The van der Waals surface area contributed by atoms with E-state index in [1.807, 2.05) is 6.92 Å². The van der Waals surface area contributed by atoms with E-state index in [0.29, 0.717) is 19.1 Å². The highest BCUT2D eigenvalue weighted by Crippen LogP contribution is 1.98. The molecule has 12 heavy (non-hydrogen) atoms. The fourth-order valence-electron chi connectivity index (χ4n) is 0.664. The van der Waals surface area contributed by atoms with Crippen LogP contribution in [0, 0.1) is 11.8 Å². The predicted octanol–water partition coefficient (Wildman–Crippen LogP) is 1.04. The summed E-state index contributed by atoms with van der Waals surface area (Å²) in [4.78, 5) is 0. The lowest BCUT2D eigenvalue weighted by Crippen LogP contribution is -2.25. The molecule has 0 fully saturated rings. The van der Waals surface area contributed by atoms with Crippen LogP contribution in [-0.4, -0.2) is 24.3 Å². The Morgan fingerprint density at radius 1 is 1.42 bits per heavy atom. The average Bonchev–Trinajstić information content (AvgIpc) is 2.02. The molecule has 0 radical (unpaired) electrons. The van der Waals surface area contributed by atoms with Crippen molar-refractivity contribution in [3.05, 3.63) is 0 Å². The van der Waals surface area contributed by atoms with Crippen LogP contribution in [0.5, 0.6) is 0 Å². The van der Waals surface area contributed by atoms with E-state index in [4.69, 9.17) is 15.7 Å².